The van der Waals surface area contributed by atoms with E-state index in [0.717, 1.165) is 66.7 Å². The van der Waals surface area contributed by atoms with E-state index in [4.69, 9.17) is 47.9 Å². The highest BCUT2D eigenvalue weighted by molar-refractivity contribution is 6.32. The monoisotopic (exact) mass is 1300 g/mol. The highest BCUT2D eigenvalue weighted by Crippen LogP contribution is 2.49. The van der Waals surface area contributed by atoms with Crippen LogP contribution in [-0.4, -0.2) is 167 Å². The van der Waals surface area contributed by atoms with Crippen molar-refractivity contribution in [2.75, 3.05) is 13.7 Å². The Hall–Kier alpha value is -9.08. The Labute approximate surface area is 525 Å². The van der Waals surface area contributed by atoms with E-state index < -0.39 is 207 Å². The zero-order valence-electron chi connectivity index (χ0n) is 48.0. The molecule has 91 heavy (non-hydrogen) atoms. The average molecular weight is 1310 g/mol. The van der Waals surface area contributed by atoms with Gasteiger partial charge in [0.15, 0.2) is 17.5 Å². The Balaban J connectivity index is 1.32. The predicted molar refractivity (Wildman–Crippen MR) is 313 cm³/mol. The molecule has 5 aromatic rings. The number of fused-ring (bicyclic) bond motifs is 15. The molecule has 0 aliphatic carbocycles. The summed E-state index contributed by atoms with van der Waals surface area (Å²) in [7, 11) is 1.47. The number of nitrogens with one attached hydrogen (secondary N) is 7. The van der Waals surface area contributed by atoms with Crippen molar-refractivity contribution >= 4 is 70.5 Å². The molecule has 19 N–H and O–H groups in total. The third-order valence-corrected chi connectivity index (χ3v) is 16.0. The van der Waals surface area contributed by atoms with Crippen molar-refractivity contribution in [3.8, 4) is 57.1 Å². The Kier molecular flexibility index (Phi) is 19.8. The van der Waals surface area contributed by atoms with Crippen molar-refractivity contribution in [2.24, 2.45) is 11.7 Å². The lowest BCUT2D eigenvalue weighted by atomic mass is 9.89. The van der Waals surface area contributed by atoms with Gasteiger partial charge in [0.05, 0.1) is 29.1 Å². The fourth-order valence-electron chi connectivity index (χ4n) is 10.7. The molecule has 0 aromatic heterocycles. The van der Waals surface area contributed by atoms with Crippen molar-refractivity contribution in [1.82, 2.24) is 37.2 Å². The van der Waals surface area contributed by atoms with E-state index in [1.807, 2.05) is 13.8 Å². The van der Waals surface area contributed by atoms with Crippen molar-refractivity contribution in [1.29, 1.82) is 0 Å². The minimum absolute atomic E-state index is 0.0825. The highest BCUT2D eigenvalue weighted by Gasteiger charge is 2.47. The molecular weight excluding hydrogens is 1240 g/mol. The quantitative estimate of drug-likeness (QED) is 0.0819. The van der Waals surface area contributed by atoms with E-state index >= 15 is 14.4 Å². The number of amides is 7. The first-order chi connectivity index (χ1) is 43.1. The molecule has 1 fully saturated rings. The SMILES string of the molecule is CN[C@H](CC(C)C)C(=O)NC1C(=O)NC(CC(N)=O)C(=O)N[C@H]2C(=O)NC3C(=O)N[C@H](C(=O)N[C@@H](C(=O)O)c4cc(O)cc(O)c4-c4cc3ccc4O)[C@H](O)c3ccc(c(Cl)c3)Oc3cc2cc(c3OC2OC(CO)C(O)C(O)C2O)Oc2ccc(cc2Cl)[C@H]1O. The molecule has 32 heteroatoms. The van der Waals surface area contributed by atoms with Gasteiger partial charge in [0.1, 0.15) is 95.6 Å². The number of aliphatic hydroxyl groups is 6. The summed E-state index contributed by atoms with van der Waals surface area (Å²) < 4.78 is 24.8. The first-order valence-corrected chi connectivity index (χ1v) is 28.7. The number of phenolic OH excluding ortho intramolecular Hbond substituents is 3. The van der Waals surface area contributed by atoms with Crippen LogP contribution in [0.2, 0.25) is 10.0 Å². The molecule has 0 spiro atoms. The summed E-state index contributed by atoms with van der Waals surface area (Å²) in [5, 5.41) is 128. The number of benzene rings is 5. The number of carboxylic acid groups (broad SMARTS) is 1. The van der Waals surface area contributed by atoms with E-state index in [-0.39, 0.29) is 45.6 Å². The molecule has 6 heterocycles. The Bertz CT molecular complexity index is 3730. The molecule has 14 atom stereocenters. The van der Waals surface area contributed by atoms with Gasteiger partial charge >= 0.3 is 5.97 Å². The first kappa shape index (κ1) is 66.3. The number of ether oxygens (including phenoxy) is 4. The van der Waals surface area contributed by atoms with Crippen LogP contribution in [-0.2, 0) is 43.1 Å². The molecule has 6 aliphatic heterocycles. The largest absolute Gasteiger partial charge is 0.508 e. The number of hydrogen-bond donors (Lipinski definition) is 18. The summed E-state index contributed by atoms with van der Waals surface area (Å²) in [6.07, 6.45) is -14.9. The number of likely N-dealkylation sites (N-methyl/N-ethyl adjacent to an activating group) is 1. The average Bonchev–Trinajstić information content (AvgIpc) is 0.790. The van der Waals surface area contributed by atoms with Crippen LogP contribution in [0, 0.1) is 5.92 Å². The van der Waals surface area contributed by atoms with E-state index in [1.165, 1.54) is 19.2 Å². The second-order valence-corrected chi connectivity index (χ2v) is 23.0. The van der Waals surface area contributed by atoms with E-state index in [9.17, 15) is 75.0 Å². The number of carboxylic acids is 1. The van der Waals surface area contributed by atoms with Gasteiger partial charge in [-0.1, -0.05) is 55.2 Å². The molecule has 1 saturated heterocycles. The number of hydrogen-bond acceptors (Lipinski definition) is 22. The second-order valence-electron chi connectivity index (χ2n) is 22.2. The fourth-order valence-corrected chi connectivity index (χ4v) is 11.2. The lowest BCUT2D eigenvalue weighted by Crippen LogP contribution is -2.60. The summed E-state index contributed by atoms with van der Waals surface area (Å²) in [4.78, 5) is 115. The highest BCUT2D eigenvalue weighted by atomic mass is 35.5. The molecule has 7 amide bonds. The number of nitrogens with two attached hydrogens (primary N) is 1. The van der Waals surface area contributed by atoms with Crippen LogP contribution in [0.4, 0.5) is 0 Å². The van der Waals surface area contributed by atoms with E-state index in [1.54, 1.807) is 0 Å². The van der Waals surface area contributed by atoms with Crippen LogP contribution in [0.15, 0.2) is 78.9 Å². The van der Waals surface area contributed by atoms with Crippen molar-refractivity contribution in [2.45, 2.75) is 112 Å². The normalized spacial score (nSPS) is 26.2. The van der Waals surface area contributed by atoms with Crippen molar-refractivity contribution in [3.63, 3.8) is 0 Å². The predicted octanol–water partition coefficient (Wildman–Crippen LogP) is -0.131. The maximum absolute atomic E-state index is 15.8. The molecule has 11 rings (SSSR count). The van der Waals surface area contributed by atoms with Gasteiger partial charge in [0, 0.05) is 22.8 Å². The Morgan fingerprint density at radius 1 is 0.659 bits per heavy atom. The number of aliphatic carboxylic acids is 1. The molecule has 484 valence electrons. The fraction of sp³-hybridized carbons (Fsp3) is 0.356. The number of rotatable bonds is 11. The summed E-state index contributed by atoms with van der Waals surface area (Å²) in [5.41, 5.74) is 2.90. The standard InChI is InChI=1S/C59H62Cl2N8O22/c1-20(2)10-30(63-3)52(80)68-44-46(75)22-5-8-34(28(60)12-22)88-36-14-24-15-37(51(36)91-59-50(79)49(78)48(77)38(19-70)90-59)89-35-9-6-23(13-29(35)61)47(76)45-57(85)67-43(58(86)87)27-16-25(71)17-33(73)40(27)26-11-21(4-7-32(26)72)41(54(82)69-45)66-55(83)42(24)65-53(81)31(18-39(62)74)64-56(44)84/h4-9,11-17,20,30-31,38,41-50,59,63,70-73,75-79H,10,18-19H2,1-3H3,(H2,62,74)(H,64,84)(H,65,81)(H,66,83)(H,67,85)(H,68,80)(H,69,82)(H,86,87)/t30-,31?,38?,41?,42-,43-,44?,45+,46-,47-,48?,49?,50?,59?/m1/s1. The zero-order chi connectivity index (χ0) is 66.2. The van der Waals surface area contributed by atoms with Gasteiger partial charge in [-0.15, -0.1) is 0 Å². The van der Waals surface area contributed by atoms with Crippen LogP contribution in [0.25, 0.3) is 11.1 Å². The number of phenols is 3. The van der Waals surface area contributed by atoms with Gasteiger partial charge < -0.3 is 113 Å². The molecule has 6 aliphatic rings. The van der Waals surface area contributed by atoms with Crippen molar-refractivity contribution in [3.05, 3.63) is 117 Å². The van der Waals surface area contributed by atoms with Crippen LogP contribution >= 0.6 is 23.2 Å². The minimum atomic E-state index is -2.31. The molecule has 5 aromatic carbocycles. The smallest absolute Gasteiger partial charge is 0.330 e. The lowest BCUT2D eigenvalue weighted by Gasteiger charge is -2.39. The maximum Gasteiger partial charge on any atom is 0.330 e. The summed E-state index contributed by atoms with van der Waals surface area (Å²) >= 11 is 13.8. The van der Waals surface area contributed by atoms with Gasteiger partial charge in [-0.3, -0.25) is 33.6 Å². The zero-order valence-corrected chi connectivity index (χ0v) is 49.5. The first-order valence-electron chi connectivity index (χ1n) is 27.9. The number of aliphatic hydroxyl groups excluding tert-OH is 6. The number of aromatic hydroxyl groups is 3. The van der Waals surface area contributed by atoms with Gasteiger partial charge in [-0.25, -0.2) is 4.79 Å². The lowest BCUT2D eigenvalue weighted by molar-refractivity contribution is -0.277. The van der Waals surface area contributed by atoms with Crippen LogP contribution in [0.1, 0.15) is 84.8 Å². The van der Waals surface area contributed by atoms with Crippen LogP contribution in [0.5, 0.6) is 46.0 Å². The number of carbonyl (C=O) groups is 8. The molecule has 11 bridgehead atoms. The topological polar surface area (TPSA) is 486 Å². The summed E-state index contributed by atoms with van der Waals surface area (Å²) in [5.74, 6) is -15.8. The van der Waals surface area contributed by atoms with E-state index in [0.29, 0.717) is 0 Å². The van der Waals surface area contributed by atoms with Crippen LogP contribution < -0.4 is 57.2 Å². The molecule has 0 saturated carbocycles. The summed E-state index contributed by atoms with van der Waals surface area (Å²) in [6, 6.07) is -0.613. The maximum atomic E-state index is 15.8. The molecule has 8 unspecified atom stereocenters. The van der Waals surface area contributed by atoms with E-state index in [2.05, 4.69) is 37.2 Å². The third kappa shape index (κ3) is 14.0. The second kappa shape index (κ2) is 27.2. The number of halogens is 2. The Morgan fingerprint density at radius 2 is 1.25 bits per heavy atom. The molecule has 30 nitrogen and oxygen atoms in total. The van der Waals surface area contributed by atoms with Crippen molar-refractivity contribution < 1.29 is 108 Å². The van der Waals surface area contributed by atoms with Gasteiger partial charge in [-0.05, 0) is 96.2 Å². The molecular formula is C59H62Cl2N8O22. The Morgan fingerprint density at radius 3 is 1.84 bits per heavy atom. The van der Waals surface area contributed by atoms with Gasteiger partial charge in [0.2, 0.25) is 53.4 Å². The third-order valence-electron chi connectivity index (χ3n) is 15.4. The van der Waals surface area contributed by atoms with Crippen LogP contribution in [0.3, 0.4) is 0 Å². The summed E-state index contributed by atoms with van der Waals surface area (Å²) in [6.45, 7) is 2.69. The number of primary amides is 1. The van der Waals surface area contributed by atoms with Gasteiger partial charge in [0.25, 0.3) is 0 Å². The number of carbonyl (C=O) groups excluding carboxylic acids is 7. The minimum Gasteiger partial charge on any atom is -0.508 e. The molecule has 0 radical (unpaired) electrons. The van der Waals surface area contributed by atoms with Gasteiger partial charge in [-0.2, -0.15) is 0 Å².